The van der Waals surface area contributed by atoms with Crippen LogP contribution in [-0.4, -0.2) is 24.0 Å². The summed E-state index contributed by atoms with van der Waals surface area (Å²) in [5.74, 6) is 0.721. The third kappa shape index (κ3) is 3.71. The maximum atomic E-state index is 13.0. The van der Waals surface area contributed by atoms with E-state index >= 15 is 0 Å². The topological polar surface area (TPSA) is 42.4 Å². The number of hydrogen-bond donors (Lipinski definition) is 1. The van der Waals surface area contributed by atoms with Crippen molar-refractivity contribution >= 4 is 0 Å². The van der Waals surface area contributed by atoms with Gasteiger partial charge in [0.2, 0.25) is 0 Å². The molecule has 0 fully saturated rings. The van der Waals surface area contributed by atoms with E-state index in [1.165, 1.54) is 12.1 Å². The molecule has 0 saturated carbocycles. The average Bonchev–Trinajstić information content (AvgIpc) is 2.86. The summed E-state index contributed by atoms with van der Waals surface area (Å²) in [7, 11) is 2.06. The van der Waals surface area contributed by atoms with Crippen LogP contribution in [0, 0.1) is 12.7 Å². The van der Waals surface area contributed by atoms with Gasteiger partial charge in [0, 0.05) is 24.2 Å². The minimum atomic E-state index is -0.212. The predicted octanol–water partition coefficient (Wildman–Crippen LogP) is 3.12. The number of rotatable bonds is 6. The highest BCUT2D eigenvalue weighted by molar-refractivity contribution is 5.20. The number of furan rings is 1. The lowest BCUT2D eigenvalue weighted by Crippen LogP contribution is -2.50. The van der Waals surface area contributed by atoms with Gasteiger partial charge in [0.05, 0.1) is 6.26 Å². The van der Waals surface area contributed by atoms with Gasteiger partial charge in [-0.1, -0.05) is 12.1 Å². The quantitative estimate of drug-likeness (QED) is 0.889. The molecule has 0 aliphatic carbocycles. The smallest absolute Gasteiger partial charge is 0.123 e. The van der Waals surface area contributed by atoms with E-state index in [1.807, 2.05) is 25.1 Å². The molecule has 114 valence electrons. The Morgan fingerprint density at radius 3 is 2.43 bits per heavy atom. The first kappa shape index (κ1) is 15.7. The van der Waals surface area contributed by atoms with E-state index in [9.17, 15) is 4.39 Å². The van der Waals surface area contributed by atoms with Crippen LogP contribution in [0.3, 0.4) is 0 Å². The second kappa shape index (κ2) is 6.41. The number of halogens is 1. The standard InChI is InChI=1S/C17H23FN2O/c1-13-15(8-9-21-13)11-20(3)17(2,12-19)10-14-4-6-16(18)7-5-14/h4-9H,10-12,19H2,1-3H3. The Morgan fingerprint density at radius 1 is 1.24 bits per heavy atom. The highest BCUT2D eigenvalue weighted by Crippen LogP contribution is 2.22. The Hall–Kier alpha value is -1.65. The van der Waals surface area contributed by atoms with Crippen LogP contribution in [0.5, 0.6) is 0 Å². The maximum Gasteiger partial charge on any atom is 0.123 e. The van der Waals surface area contributed by atoms with Gasteiger partial charge in [0.1, 0.15) is 11.6 Å². The van der Waals surface area contributed by atoms with Gasteiger partial charge in [-0.05, 0) is 51.1 Å². The predicted molar refractivity (Wildman–Crippen MR) is 82.5 cm³/mol. The second-order valence-electron chi connectivity index (χ2n) is 5.86. The average molecular weight is 290 g/mol. The van der Waals surface area contributed by atoms with Crippen molar-refractivity contribution in [1.29, 1.82) is 0 Å². The van der Waals surface area contributed by atoms with Gasteiger partial charge < -0.3 is 10.2 Å². The van der Waals surface area contributed by atoms with Crippen molar-refractivity contribution in [3.8, 4) is 0 Å². The molecule has 4 heteroatoms. The molecule has 2 aromatic rings. The lowest BCUT2D eigenvalue weighted by Gasteiger charge is -2.38. The van der Waals surface area contributed by atoms with Crippen molar-refractivity contribution in [1.82, 2.24) is 4.90 Å². The van der Waals surface area contributed by atoms with Crippen molar-refractivity contribution in [2.45, 2.75) is 32.4 Å². The van der Waals surface area contributed by atoms with Crippen molar-refractivity contribution < 1.29 is 8.81 Å². The van der Waals surface area contributed by atoms with E-state index in [4.69, 9.17) is 10.2 Å². The number of nitrogens with two attached hydrogens (primary N) is 1. The van der Waals surface area contributed by atoms with Gasteiger partial charge in [0.25, 0.3) is 0 Å². The first-order chi connectivity index (χ1) is 9.94. The molecular weight excluding hydrogens is 267 g/mol. The molecular formula is C17H23FN2O. The summed E-state index contributed by atoms with van der Waals surface area (Å²) in [5, 5.41) is 0. The molecule has 0 aliphatic rings. The van der Waals surface area contributed by atoms with E-state index in [1.54, 1.807) is 6.26 Å². The fourth-order valence-corrected chi connectivity index (χ4v) is 2.43. The van der Waals surface area contributed by atoms with E-state index in [0.29, 0.717) is 6.54 Å². The molecule has 21 heavy (non-hydrogen) atoms. The molecule has 2 rings (SSSR count). The Morgan fingerprint density at radius 2 is 1.90 bits per heavy atom. The van der Waals surface area contributed by atoms with Crippen LogP contribution in [0.1, 0.15) is 23.8 Å². The summed E-state index contributed by atoms with van der Waals surface area (Å²) in [4.78, 5) is 2.23. The van der Waals surface area contributed by atoms with Crippen LogP contribution in [0.15, 0.2) is 41.0 Å². The molecule has 0 aliphatic heterocycles. The number of aryl methyl sites for hydroxylation is 1. The zero-order valence-electron chi connectivity index (χ0n) is 12.9. The molecule has 1 atom stereocenters. The second-order valence-corrected chi connectivity index (χ2v) is 5.86. The number of benzene rings is 1. The van der Waals surface area contributed by atoms with Gasteiger partial charge in [-0.15, -0.1) is 0 Å². The van der Waals surface area contributed by atoms with Crippen LogP contribution < -0.4 is 5.73 Å². The van der Waals surface area contributed by atoms with E-state index in [0.717, 1.165) is 29.9 Å². The SMILES string of the molecule is Cc1occc1CN(C)C(C)(CN)Cc1ccc(F)cc1. The minimum Gasteiger partial charge on any atom is -0.469 e. The van der Waals surface area contributed by atoms with Crippen molar-refractivity contribution in [3.63, 3.8) is 0 Å². The van der Waals surface area contributed by atoms with Crippen molar-refractivity contribution in [3.05, 3.63) is 59.3 Å². The Balaban J connectivity index is 2.12. The van der Waals surface area contributed by atoms with Crippen LogP contribution >= 0.6 is 0 Å². The Labute approximate surface area is 125 Å². The summed E-state index contributed by atoms with van der Waals surface area (Å²) in [5.41, 5.74) is 8.07. The van der Waals surface area contributed by atoms with Gasteiger partial charge in [-0.2, -0.15) is 0 Å². The van der Waals surface area contributed by atoms with Gasteiger partial charge in [-0.3, -0.25) is 4.90 Å². The minimum absolute atomic E-state index is 0.193. The number of likely N-dealkylation sites (N-methyl/N-ethyl adjacent to an activating group) is 1. The van der Waals surface area contributed by atoms with E-state index in [-0.39, 0.29) is 11.4 Å². The van der Waals surface area contributed by atoms with Gasteiger partial charge in [-0.25, -0.2) is 4.39 Å². The van der Waals surface area contributed by atoms with Crippen molar-refractivity contribution in [2.24, 2.45) is 5.73 Å². The van der Waals surface area contributed by atoms with Gasteiger partial charge in [0.15, 0.2) is 0 Å². The summed E-state index contributed by atoms with van der Waals surface area (Å²) < 4.78 is 18.4. The molecule has 0 amide bonds. The third-order valence-electron chi connectivity index (χ3n) is 4.23. The molecule has 1 heterocycles. The number of hydrogen-bond acceptors (Lipinski definition) is 3. The summed E-state index contributed by atoms with van der Waals surface area (Å²) >= 11 is 0. The van der Waals surface area contributed by atoms with Crippen LogP contribution in [-0.2, 0) is 13.0 Å². The molecule has 1 unspecified atom stereocenters. The molecule has 1 aromatic heterocycles. The van der Waals surface area contributed by atoms with E-state index in [2.05, 4.69) is 18.9 Å². The summed E-state index contributed by atoms with van der Waals surface area (Å²) in [6.07, 6.45) is 2.48. The van der Waals surface area contributed by atoms with E-state index < -0.39 is 0 Å². The Kier molecular flexibility index (Phi) is 4.80. The third-order valence-corrected chi connectivity index (χ3v) is 4.23. The molecule has 0 bridgehead atoms. The number of nitrogens with zero attached hydrogens (tertiary/aromatic N) is 1. The zero-order chi connectivity index (χ0) is 15.5. The van der Waals surface area contributed by atoms with Gasteiger partial charge >= 0.3 is 0 Å². The summed E-state index contributed by atoms with van der Waals surface area (Å²) in [6, 6.07) is 8.61. The van der Waals surface area contributed by atoms with Crippen molar-refractivity contribution in [2.75, 3.05) is 13.6 Å². The lowest BCUT2D eigenvalue weighted by molar-refractivity contribution is 0.135. The molecule has 0 saturated heterocycles. The lowest BCUT2D eigenvalue weighted by atomic mass is 9.91. The van der Waals surface area contributed by atoms with Crippen LogP contribution in [0.25, 0.3) is 0 Å². The van der Waals surface area contributed by atoms with Crippen LogP contribution in [0.4, 0.5) is 4.39 Å². The first-order valence-electron chi connectivity index (χ1n) is 7.13. The molecule has 1 aromatic carbocycles. The first-order valence-corrected chi connectivity index (χ1v) is 7.13. The highest BCUT2D eigenvalue weighted by atomic mass is 19.1. The zero-order valence-corrected chi connectivity index (χ0v) is 12.9. The molecule has 2 N–H and O–H groups in total. The fourth-order valence-electron chi connectivity index (χ4n) is 2.43. The van der Waals surface area contributed by atoms with Crippen LogP contribution in [0.2, 0.25) is 0 Å². The monoisotopic (exact) mass is 290 g/mol. The highest BCUT2D eigenvalue weighted by Gasteiger charge is 2.28. The molecule has 0 radical (unpaired) electrons. The molecule has 0 spiro atoms. The molecule has 3 nitrogen and oxygen atoms in total. The normalized spacial score (nSPS) is 14.4. The summed E-state index contributed by atoms with van der Waals surface area (Å²) in [6.45, 7) is 5.39. The fraction of sp³-hybridized carbons (Fsp3) is 0.412. The Bertz CT molecular complexity index is 579. The maximum absolute atomic E-state index is 13.0. The largest absolute Gasteiger partial charge is 0.469 e.